The van der Waals surface area contributed by atoms with Crippen LogP contribution in [0.15, 0.2) is 12.7 Å². The number of ketones is 2. The molecule has 0 aromatic rings. The van der Waals surface area contributed by atoms with Crippen LogP contribution in [-0.4, -0.2) is 24.1 Å². The summed E-state index contributed by atoms with van der Waals surface area (Å²) < 4.78 is 5.22. The molecule has 0 spiro atoms. The Morgan fingerprint density at radius 1 is 0.657 bits per heavy atom. The van der Waals surface area contributed by atoms with Crippen LogP contribution in [0.1, 0.15) is 155 Å². The molecule has 0 heterocycles. The third kappa shape index (κ3) is 22.7. The normalized spacial score (nSPS) is 11.8. The Kier molecular flexibility index (Phi) is 24.6. The van der Waals surface area contributed by atoms with E-state index in [0.29, 0.717) is 44.5 Å². The average Bonchev–Trinajstić information content (AvgIpc) is 2.84. The van der Waals surface area contributed by atoms with Crippen LogP contribution in [0.3, 0.4) is 0 Å². The van der Waals surface area contributed by atoms with Gasteiger partial charge in [0, 0.05) is 25.7 Å². The maximum Gasteiger partial charge on any atom is 0.309 e. The lowest BCUT2D eigenvalue weighted by atomic mass is 9.93. The number of rotatable bonds is 27. The van der Waals surface area contributed by atoms with Gasteiger partial charge in [-0.3, -0.25) is 14.4 Å². The third-order valence-corrected chi connectivity index (χ3v) is 6.78. The molecular weight excluding hydrogens is 436 g/mol. The summed E-state index contributed by atoms with van der Waals surface area (Å²) in [5.41, 5.74) is 0. The van der Waals surface area contributed by atoms with Crippen molar-refractivity contribution in [3.8, 4) is 0 Å². The van der Waals surface area contributed by atoms with Gasteiger partial charge in [0.25, 0.3) is 0 Å². The molecule has 0 aliphatic rings. The smallest absolute Gasteiger partial charge is 0.309 e. The standard InChI is InChI=1S/C31H56O4/c1-4-7-9-11-13-15-17-21-26-30(33)27-28(31(34)35-6-3)23-19-18-22-25-29(32)24-20-16-14-12-10-8-5-2/h4,28H,1,5-27H2,2-3H3/t28-/m1/s1. The topological polar surface area (TPSA) is 60.4 Å². The number of ether oxygens (including phenoxy) is 1. The Hall–Kier alpha value is -1.45. The van der Waals surface area contributed by atoms with Crippen molar-refractivity contribution in [1.29, 1.82) is 0 Å². The van der Waals surface area contributed by atoms with Gasteiger partial charge in [-0.05, 0) is 45.4 Å². The van der Waals surface area contributed by atoms with Crippen LogP contribution in [-0.2, 0) is 19.1 Å². The summed E-state index contributed by atoms with van der Waals surface area (Å²) in [7, 11) is 0. The lowest BCUT2D eigenvalue weighted by molar-refractivity contribution is -0.150. The largest absolute Gasteiger partial charge is 0.466 e. The average molecular weight is 493 g/mol. The zero-order chi connectivity index (χ0) is 26.0. The fourth-order valence-electron chi connectivity index (χ4n) is 4.55. The summed E-state index contributed by atoms with van der Waals surface area (Å²) >= 11 is 0. The van der Waals surface area contributed by atoms with E-state index in [0.717, 1.165) is 44.9 Å². The van der Waals surface area contributed by atoms with Crippen molar-refractivity contribution in [3.63, 3.8) is 0 Å². The van der Waals surface area contributed by atoms with Crippen molar-refractivity contribution in [2.45, 2.75) is 155 Å². The molecule has 1 atom stereocenters. The first kappa shape index (κ1) is 33.5. The van der Waals surface area contributed by atoms with Crippen molar-refractivity contribution >= 4 is 17.5 Å². The summed E-state index contributed by atoms with van der Waals surface area (Å²) in [5, 5.41) is 0. The Morgan fingerprint density at radius 3 is 1.69 bits per heavy atom. The molecule has 0 aromatic carbocycles. The van der Waals surface area contributed by atoms with E-state index in [-0.39, 0.29) is 17.7 Å². The Labute approximate surface area is 217 Å². The molecule has 0 N–H and O–H groups in total. The van der Waals surface area contributed by atoms with Gasteiger partial charge in [-0.25, -0.2) is 0 Å². The first-order valence-electron chi connectivity index (χ1n) is 14.9. The first-order valence-corrected chi connectivity index (χ1v) is 14.9. The fraction of sp³-hybridized carbons (Fsp3) is 0.839. The van der Waals surface area contributed by atoms with Gasteiger partial charge < -0.3 is 4.74 Å². The van der Waals surface area contributed by atoms with Gasteiger partial charge in [0.15, 0.2) is 0 Å². The van der Waals surface area contributed by atoms with Crippen LogP contribution in [0.4, 0.5) is 0 Å². The minimum absolute atomic E-state index is 0.180. The minimum atomic E-state index is -0.329. The molecular formula is C31H56O4. The predicted molar refractivity (Wildman–Crippen MR) is 148 cm³/mol. The van der Waals surface area contributed by atoms with Crippen LogP contribution in [0, 0.1) is 5.92 Å². The van der Waals surface area contributed by atoms with Gasteiger partial charge in [-0.1, -0.05) is 90.0 Å². The van der Waals surface area contributed by atoms with E-state index in [1.165, 1.54) is 64.2 Å². The van der Waals surface area contributed by atoms with Gasteiger partial charge in [0.1, 0.15) is 11.6 Å². The van der Waals surface area contributed by atoms with Crippen molar-refractivity contribution in [2.24, 2.45) is 5.92 Å². The quantitative estimate of drug-likeness (QED) is 0.0651. The molecule has 0 amide bonds. The lowest BCUT2D eigenvalue weighted by Gasteiger charge is -2.15. The number of carbonyl (C=O) groups is 3. The summed E-state index contributed by atoms with van der Waals surface area (Å²) in [5.74, 6) is -0.0150. The molecule has 0 unspecified atom stereocenters. The van der Waals surface area contributed by atoms with Crippen molar-refractivity contribution in [2.75, 3.05) is 6.61 Å². The molecule has 4 nitrogen and oxygen atoms in total. The van der Waals surface area contributed by atoms with Gasteiger partial charge in [0.05, 0.1) is 12.5 Å². The summed E-state index contributed by atoms with van der Waals surface area (Å²) in [4.78, 5) is 36.9. The second-order valence-corrected chi connectivity index (χ2v) is 10.1. The molecule has 0 bridgehead atoms. The third-order valence-electron chi connectivity index (χ3n) is 6.78. The molecule has 0 saturated carbocycles. The highest BCUT2D eigenvalue weighted by Crippen LogP contribution is 2.19. The van der Waals surface area contributed by atoms with Crippen LogP contribution in [0.5, 0.6) is 0 Å². The van der Waals surface area contributed by atoms with Crippen LogP contribution in [0.25, 0.3) is 0 Å². The second-order valence-electron chi connectivity index (χ2n) is 10.1. The zero-order valence-corrected chi connectivity index (χ0v) is 23.3. The molecule has 0 saturated heterocycles. The molecule has 0 fully saturated rings. The molecule has 4 heteroatoms. The molecule has 0 aliphatic carbocycles. The Morgan fingerprint density at radius 2 is 1.14 bits per heavy atom. The number of carbonyl (C=O) groups excluding carboxylic acids is 3. The van der Waals surface area contributed by atoms with Crippen LogP contribution < -0.4 is 0 Å². The van der Waals surface area contributed by atoms with Crippen LogP contribution in [0.2, 0.25) is 0 Å². The van der Waals surface area contributed by atoms with E-state index in [9.17, 15) is 14.4 Å². The summed E-state index contributed by atoms with van der Waals surface area (Å²) in [6.07, 6.45) is 24.1. The highest BCUT2D eigenvalue weighted by molar-refractivity contribution is 5.84. The lowest BCUT2D eigenvalue weighted by Crippen LogP contribution is -2.21. The molecule has 35 heavy (non-hydrogen) atoms. The zero-order valence-electron chi connectivity index (χ0n) is 23.3. The van der Waals surface area contributed by atoms with Gasteiger partial charge in [-0.2, -0.15) is 0 Å². The Balaban J connectivity index is 3.97. The number of hydrogen-bond donors (Lipinski definition) is 0. The summed E-state index contributed by atoms with van der Waals surface area (Å²) in [6.45, 7) is 8.13. The van der Waals surface area contributed by atoms with Crippen LogP contribution >= 0.6 is 0 Å². The highest BCUT2D eigenvalue weighted by atomic mass is 16.5. The van der Waals surface area contributed by atoms with Crippen molar-refractivity contribution in [3.05, 3.63) is 12.7 Å². The van der Waals surface area contributed by atoms with E-state index in [1.807, 2.05) is 13.0 Å². The number of allylic oxidation sites excluding steroid dienone is 1. The second kappa shape index (κ2) is 25.6. The number of hydrogen-bond acceptors (Lipinski definition) is 4. The maximum atomic E-state index is 12.4. The fourth-order valence-corrected chi connectivity index (χ4v) is 4.55. The molecule has 0 radical (unpaired) electrons. The van der Waals surface area contributed by atoms with Crippen molar-refractivity contribution in [1.82, 2.24) is 0 Å². The van der Waals surface area contributed by atoms with E-state index >= 15 is 0 Å². The first-order chi connectivity index (χ1) is 17.0. The number of unbranched alkanes of at least 4 members (excludes halogenated alkanes) is 14. The van der Waals surface area contributed by atoms with Gasteiger partial charge in [-0.15, -0.1) is 6.58 Å². The minimum Gasteiger partial charge on any atom is -0.466 e. The van der Waals surface area contributed by atoms with E-state index in [4.69, 9.17) is 4.74 Å². The molecule has 204 valence electrons. The molecule has 0 aliphatic heterocycles. The summed E-state index contributed by atoms with van der Waals surface area (Å²) in [6, 6.07) is 0. The van der Waals surface area contributed by atoms with E-state index in [1.54, 1.807) is 0 Å². The SMILES string of the molecule is C=CCCCCCCCCC(=O)C[C@@H](CCCCCC(=O)CCCCCCCCC)C(=O)OCC. The van der Waals surface area contributed by atoms with E-state index in [2.05, 4.69) is 13.5 Å². The molecule has 0 rings (SSSR count). The molecule has 0 aromatic heterocycles. The van der Waals surface area contributed by atoms with Gasteiger partial charge in [0.2, 0.25) is 0 Å². The number of esters is 1. The number of Topliss-reactive ketones (excluding diaryl/α,β-unsaturated/α-hetero) is 2. The van der Waals surface area contributed by atoms with Gasteiger partial charge >= 0.3 is 5.97 Å². The maximum absolute atomic E-state index is 12.4. The van der Waals surface area contributed by atoms with E-state index < -0.39 is 0 Å². The Bertz CT molecular complexity index is 540. The highest BCUT2D eigenvalue weighted by Gasteiger charge is 2.22. The van der Waals surface area contributed by atoms with Crippen molar-refractivity contribution < 1.29 is 19.1 Å². The predicted octanol–water partition coefficient (Wildman–Crippen LogP) is 9.09. The monoisotopic (exact) mass is 492 g/mol.